The van der Waals surface area contributed by atoms with Crippen LogP contribution in [0.25, 0.3) is 0 Å². The molecule has 1 heterocycles. The first-order chi connectivity index (χ1) is 8.96. The molecule has 6 nitrogen and oxygen atoms in total. The molecule has 0 bridgehead atoms. The van der Waals surface area contributed by atoms with Crippen LogP contribution >= 0.6 is 0 Å². The Labute approximate surface area is 111 Å². The van der Waals surface area contributed by atoms with E-state index in [0.717, 1.165) is 0 Å². The van der Waals surface area contributed by atoms with Crippen LogP contribution in [0.15, 0.2) is 29.2 Å². The minimum atomic E-state index is -3.78. The minimum Gasteiger partial charge on any atom is -0.465 e. The summed E-state index contributed by atoms with van der Waals surface area (Å²) in [4.78, 5) is 11.5. The average Bonchev–Trinajstić information content (AvgIpc) is 2.85. The summed E-state index contributed by atoms with van der Waals surface area (Å²) in [6.45, 7) is 0.302. The minimum absolute atomic E-state index is 0.00592. The van der Waals surface area contributed by atoms with Gasteiger partial charge in [-0.2, -0.15) is 4.31 Å². The Hall–Kier alpha value is -1.44. The third kappa shape index (κ3) is 2.63. The van der Waals surface area contributed by atoms with Crippen molar-refractivity contribution in [1.29, 1.82) is 0 Å². The first kappa shape index (κ1) is 14.0. The number of sulfonamides is 1. The van der Waals surface area contributed by atoms with Gasteiger partial charge < -0.3 is 9.84 Å². The van der Waals surface area contributed by atoms with E-state index in [1.165, 1.54) is 23.5 Å². The highest BCUT2D eigenvalue weighted by Crippen LogP contribution is 2.24. The molecule has 1 fully saturated rings. The van der Waals surface area contributed by atoms with Crippen LogP contribution in [0.4, 0.5) is 0 Å². The van der Waals surface area contributed by atoms with Crippen molar-refractivity contribution in [3.8, 4) is 0 Å². The summed E-state index contributed by atoms with van der Waals surface area (Å²) < 4.78 is 30.6. The fourth-order valence-electron chi connectivity index (χ4n) is 2.04. The van der Waals surface area contributed by atoms with E-state index in [-0.39, 0.29) is 23.5 Å². The predicted molar refractivity (Wildman–Crippen MR) is 67.2 cm³/mol. The van der Waals surface area contributed by atoms with Gasteiger partial charge in [-0.25, -0.2) is 13.2 Å². The molecule has 19 heavy (non-hydrogen) atoms. The van der Waals surface area contributed by atoms with Gasteiger partial charge in [0.25, 0.3) is 0 Å². The second-order valence-corrected chi connectivity index (χ2v) is 6.20. The standard InChI is InChI=1S/C12H15NO5S/c1-18-12(15)10-4-2-3-5-11(10)19(16,17)13-7-6-9(14)8-13/h2-5,9,14H,6-8H2,1H3/t9-/m0/s1. The van der Waals surface area contributed by atoms with Crippen molar-refractivity contribution in [1.82, 2.24) is 4.31 Å². The highest BCUT2D eigenvalue weighted by molar-refractivity contribution is 7.89. The highest BCUT2D eigenvalue weighted by atomic mass is 32.2. The monoisotopic (exact) mass is 285 g/mol. The quantitative estimate of drug-likeness (QED) is 0.804. The summed E-state index contributed by atoms with van der Waals surface area (Å²) in [6, 6.07) is 5.90. The molecule has 1 saturated heterocycles. The molecular formula is C12H15NO5S. The number of ether oxygens (including phenoxy) is 1. The van der Waals surface area contributed by atoms with Crippen molar-refractivity contribution in [2.45, 2.75) is 17.4 Å². The van der Waals surface area contributed by atoms with E-state index in [2.05, 4.69) is 4.74 Å². The van der Waals surface area contributed by atoms with E-state index in [0.29, 0.717) is 6.42 Å². The SMILES string of the molecule is COC(=O)c1ccccc1S(=O)(=O)N1CC[C@H](O)C1. The first-order valence-corrected chi connectivity index (χ1v) is 7.26. The van der Waals surface area contributed by atoms with Crippen molar-refractivity contribution in [3.63, 3.8) is 0 Å². The third-order valence-corrected chi connectivity index (χ3v) is 4.96. The molecule has 0 saturated carbocycles. The summed E-state index contributed by atoms with van der Waals surface area (Å²) in [7, 11) is -2.59. The van der Waals surface area contributed by atoms with Gasteiger partial charge in [0.1, 0.15) is 0 Å². The van der Waals surface area contributed by atoms with Gasteiger partial charge in [-0.1, -0.05) is 12.1 Å². The molecular weight excluding hydrogens is 270 g/mol. The Balaban J connectivity index is 2.44. The largest absolute Gasteiger partial charge is 0.465 e. The predicted octanol–water partition coefficient (Wildman–Crippen LogP) is 0.228. The van der Waals surface area contributed by atoms with E-state index < -0.39 is 22.1 Å². The number of esters is 1. The van der Waals surface area contributed by atoms with E-state index in [4.69, 9.17) is 0 Å². The lowest BCUT2D eigenvalue weighted by atomic mass is 10.2. The summed E-state index contributed by atoms with van der Waals surface area (Å²) in [5.74, 6) is -0.695. The van der Waals surface area contributed by atoms with E-state index in [1.807, 2.05) is 0 Å². The van der Waals surface area contributed by atoms with Gasteiger partial charge in [0, 0.05) is 13.1 Å². The molecule has 0 spiro atoms. The zero-order chi connectivity index (χ0) is 14.0. The number of carbonyl (C=O) groups excluding carboxylic acids is 1. The summed E-state index contributed by atoms with van der Waals surface area (Å²) in [5.41, 5.74) is 0.00592. The van der Waals surface area contributed by atoms with Crippen LogP contribution in [0.3, 0.4) is 0 Å². The van der Waals surface area contributed by atoms with Crippen LogP contribution in [0.2, 0.25) is 0 Å². The van der Waals surface area contributed by atoms with Gasteiger partial charge in [-0.05, 0) is 18.6 Å². The molecule has 0 aliphatic carbocycles. The number of carbonyl (C=O) groups is 1. The van der Waals surface area contributed by atoms with Crippen LogP contribution in [0.1, 0.15) is 16.8 Å². The molecule has 1 atom stereocenters. The van der Waals surface area contributed by atoms with Crippen LogP contribution < -0.4 is 0 Å². The maximum atomic E-state index is 12.4. The Morgan fingerprint density at radius 1 is 1.42 bits per heavy atom. The van der Waals surface area contributed by atoms with Gasteiger partial charge in [0.2, 0.25) is 10.0 Å². The normalized spacial score (nSPS) is 20.4. The number of β-amino-alcohol motifs (C(OH)–C–C–N with tert-alkyl or cyclic N) is 1. The summed E-state index contributed by atoms with van der Waals surface area (Å²) >= 11 is 0. The number of rotatable bonds is 3. The van der Waals surface area contributed by atoms with E-state index in [1.54, 1.807) is 12.1 Å². The number of aliphatic hydroxyl groups excluding tert-OH is 1. The third-order valence-electron chi connectivity index (χ3n) is 3.04. The summed E-state index contributed by atoms with van der Waals surface area (Å²) in [5, 5.41) is 9.44. The van der Waals surface area contributed by atoms with Crippen LogP contribution in [-0.2, 0) is 14.8 Å². The van der Waals surface area contributed by atoms with Crippen LogP contribution in [-0.4, -0.2) is 50.1 Å². The van der Waals surface area contributed by atoms with Gasteiger partial charge in [0.15, 0.2) is 0 Å². The van der Waals surface area contributed by atoms with Crippen LogP contribution in [0, 0.1) is 0 Å². The van der Waals surface area contributed by atoms with Crippen molar-refractivity contribution in [3.05, 3.63) is 29.8 Å². The molecule has 0 aromatic heterocycles. The molecule has 2 rings (SSSR count). The van der Waals surface area contributed by atoms with Crippen molar-refractivity contribution in [2.24, 2.45) is 0 Å². The molecule has 1 aromatic carbocycles. The molecule has 7 heteroatoms. The molecule has 1 N–H and O–H groups in total. The Kier molecular flexibility index (Phi) is 3.88. The Bertz CT molecular complexity index is 584. The Morgan fingerprint density at radius 3 is 2.68 bits per heavy atom. The lowest BCUT2D eigenvalue weighted by Crippen LogP contribution is -2.31. The molecule has 1 aliphatic rings. The number of nitrogens with zero attached hydrogens (tertiary/aromatic N) is 1. The molecule has 1 aromatic rings. The molecule has 104 valence electrons. The first-order valence-electron chi connectivity index (χ1n) is 5.82. The van der Waals surface area contributed by atoms with Crippen molar-refractivity contribution >= 4 is 16.0 Å². The van der Waals surface area contributed by atoms with Gasteiger partial charge in [-0.3, -0.25) is 0 Å². The van der Waals surface area contributed by atoms with Gasteiger partial charge in [-0.15, -0.1) is 0 Å². The van der Waals surface area contributed by atoms with Gasteiger partial charge >= 0.3 is 5.97 Å². The molecule has 0 unspecified atom stereocenters. The number of hydrogen-bond acceptors (Lipinski definition) is 5. The molecule has 0 amide bonds. The zero-order valence-corrected chi connectivity index (χ0v) is 11.3. The van der Waals surface area contributed by atoms with E-state index >= 15 is 0 Å². The average molecular weight is 285 g/mol. The fraction of sp³-hybridized carbons (Fsp3) is 0.417. The van der Waals surface area contributed by atoms with Crippen LogP contribution in [0.5, 0.6) is 0 Å². The number of benzene rings is 1. The highest BCUT2D eigenvalue weighted by Gasteiger charge is 2.34. The fourth-order valence-corrected chi connectivity index (χ4v) is 3.71. The molecule has 0 radical (unpaired) electrons. The lowest BCUT2D eigenvalue weighted by molar-refractivity contribution is 0.0596. The zero-order valence-electron chi connectivity index (χ0n) is 10.4. The summed E-state index contributed by atoms with van der Waals surface area (Å²) in [6.07, 6.45) is -0.250. The second-order valence-electron chi connectivity index (χ2n) is 4.29. The number of hydrogen-bond donors (Lipinski definition) is 1. The van der Waals surface area contributed by atoms with E-state index in [9.17, 15) is 18.3 Å². The second kappa shape index (κ2) is 5.28. The number of methoxy groups -OCH3 is 1. The van der Waals surface area contributed by atoms with Gasteiger partial charge in [0.05, 0.1) is 23.7 Å². The lowest BCUT2D eigenvalue weighted by Gasteiger charge is -2.17. The topological polar surface area (TPSA) is 83.9 Å². The maximum Gasteiger partial charge on any atom is 0.339 e. The number of aliphatic hydroxyl groups is 1. The van der Waals surface area contributed by atoms with Crippen molar-refractivity contribution < 1.29 is 23.1 Å². The Morgan fingerprint density at radius 2 is 2.11 bits per heavy atom. The maximum absolute atomic E-state index is 12.4. The smallest absolute Gasteiger partial charge is 0.339 e. The molecule has 1 aliphatic heterocycles. The van der Waals surface area contributed by atoms with Crippen molar-refractivity contribution in [2.75, 3.05) is 20.2 Å².